The summed E-state index contributed by atoms with van der Waals surface area (Å²) in [6.45, 7) is -0.458. The highest BCUT2D eigenvalue weighted by atomic mass is 19.4. The summed E-state index contributed by atoms with van der Waals surface area (Å²) < 4.78 is 64.1. The first-order valence-electron chi connectivity index (χ1n) is 3.64. The number of nitrogens with two attached hydrogens (primary N) is 1. The minimum atomic E-state index is -5.17. The fraction of sp³-hybridized carbons (Fsp3) is 0.286. The highest BCUT2D eigenvalue weighted by molar-refractivity contribution is 5.27. The van der Waals surface area contributed by atoms with Crippen LogP contribution >= 0.6 is 0 Å². The van der Waals surface area contributed by atoms with Crippen LogP contribution in [0.1, 0.15) is 5.69 Å². The van der Waals surface area contributed by atoms with E-state index in [1.807, 2.05) is 0 Å². The summed E-state index contributed by atoms with van der Waals surface area (Å²) >= 11 is 0. The average Bonchev–Trinajstić information content (AvgIpc) is 2.11. The quantitative estimate of drug-likeness (QED) is 0.784. The molecule has 0 radical (unpaired) electrons. The maximum atomic E-state index is 13.1. The smallest absolute Gasteiger partial charge is 0.399 e. The second kappa shape index (κ2) is 3.97. The number of alkyl halides is 3. The zero-order chi connectivity index (χ0) is 11.6. The Morgan fingerprint density at radius 3 is 2.40 bits per heavy atom. The van der Waals surface area contributed by atoms with Crippen LogP contribution in [0.3, 0.4) is 0 Å². The molecule has 0 atom stereocenters. The highest BCUT2D eigenvalue weighted by Crippen LogP contribution is 2.28. The molecule has 3 nitrogen and oxygen atoms in total. The summed E-state index contributed by atoms with van der Waals surface area (Å²) in [5.74, 6) is -4.63. The Morgan fingerprint density at radius 2 is 1.93 bits per heavy atom. The van der Waals surface area contributed by atoms with Crippen molar-refractivity contribution in [3.63, 3.8) is 0 Å². The van der Waals surface area contributed by atoms with Crippen LogP contribution in [-0.4, -0.2) is 11.3 Å². The van der Waals surface area contributed by atoms with Gasteiger partial charge in [0.05, 0.1) is 11.9 Å². The molecule has 1 aromatic rings. The first-order chi connectivity index (χ1) is 6.85. The van der Waals surface area contributed by atoms with Gasteiger partial charge in [-0.25, -0.2) is 8.78 Å². The van der Waals surface area contributed by atoms with Crippen molar-refractivity contribution < 1.29 is 26.7 Å². The Hall–Kier alpha value is -1.44. The number of ether oxygens (including phenoxy) is 1. The van der Waals surface area contributed by atoms with Gasteiger partial charge in [-0.1, -0.05) is 0 Å². The van der Waals surface area contributed by atoms with E-state index in [4.69, 9.17) is 5.73 Å². The molecule has 0 spiro atoms. The van der Waals surface area contributed by atoms with Gasteiger partial charge in [-0.15, -0.1) is 13.2 Å². The molecule has 0 aliphatic heterocycles. The molecule has 0 bridgehead atoms. The molecule has 0 aliphatic rings. The lowest BCUT2D eigenvalue weighted by molar-refractivity contribution is -0.276. The zero-order valence-corrected chi connectivity index (χ0v) is 7.11. The van der Waals surface area contributed by atoms with Crippen LogP contribution in [0.4, 0.5) is 22.0 Å². The molecular formula is C7H5F5N2O. The van der Waals surface area contributed by atoms with Crippen LogP contribution in [0, 0.1) is 11.6 Å². The van der Waals surface area contributed by atoms with E-state index in [-0.39, 0.29) is 0 Å². The van der Waals surface area contributed by atoms with Crippen molar-refractivity contribution in [3.8, 4) is 5.75 Å². The second-order valence-corrected chi connectivity index (χ2v) is 2.45. The average molecular weight is 228 g/mol. The van der Waals surface area contributed by atoms with E-state index < -0.39 is 36.0 Å². The molecule has 15 heavy (non-hydrogen) atoms. The van der Waals surface area contributed by atoms with E-state index in [9.17, 15) is 22.0 Å². The molecule has 0 fully saturated rings. The molecule has 0 saturated heterocycles. The largest absolute Gasteiger partial charge is 0.573 e. The second-order valence-electron chi connectivity index (χ2n) is 2.45. The zero-order valence-electron chi connectivity index (χ0n) is 7.11. The van der Waals surface area contributed by atoms with Crippen molar-refractivity contribution in [2.75, 3.05) is 0 Å². The van der Waals surface area contributed by atoms with Crippen molar-refractivity contribution in [1.82, 2.24) is 4.98 Å². The van der Waals surface area contributed by atoms with Gasteiger partial charge < -0.3 is 10.5 Å². The lowest BCUT2D eigenvalue weighted by Gasteiger charge is -2.11. The lowest BCUT2D eigenvalue weighted by atomic mass is 10.3. The predicted octanol–water partition coefficient (Wildman–Crippen LogP) is 1.72. The third kappa shape index (κ3) is 2.75. The number of rotatable bonds is 2. The van der Waals surface area contributed by atoms with Crippen LogP contribution in [0.15, 0.2) is 6.20 Å². The summed E-state index contributed by atoms with van der Waals surface area (Å²) in [7, 11) is 0. The van der Waals surface area contributed by atoms with Gasteiger partial charge in [0.15, 0.2) is 11.6 Å². The molecule has 0 saturated carbocycles. The van der Waals surface area contributed by atoms with E-state index >= 15 is 0 Å². The third-order valence-electron chi connectivity index (χ3n) is 1.41. The monoisotopic (exact) mass is 228 g/mol. The van der Waals surface area contributed by atoms with Crippen molar-refractivity contribution in [3.05, 3.63) is 23.5 Å². The molecule has 2 N–H and O–H groups in total. The Bertz CT molecular complexity index is 365. The van der Waals surface area contributed by atoms with Crippen LogP contribution < -0.4 is 10.5 Å². The SMILES string of the molecule is NCc1ncc(F)c(OC(F)(F)F)c1F. The van der Waals surface area contributed by atoms with Gasteiger partial charge in [0.25, 0.3) is 0 Å². The highest BCUT2D eigenvalue weighted by Gasteiger charge is 2.34. The summed E-state index contributed by atoms with van der Waals surface area (Å²) in [5, 5.41) is 0. The Morgan fingerprint density at radius 1 is 1.33 bits per heavy atom. The molecule has 0 unspecified atom stereocenters. The predicted molar refractivity (Wildman–Crippen MR) is 38.7 cm³/mol. The molecular weight excluding hydrogens is 223 g/mol. The molecule has 0 aromatic carbocycles. The maximum Gasteiger partial charge on any atom is 0.573 e. The van der Waals surface area contributed by atoms with Crippen molar-refractivity contribution >= 4 is 0 Å². The number of hydrogen-bond donors (Lipinski definition) is 1. The van der Waals surface area contributed by atoms with Gasteiger partial charge in [0.2, 0.25) is 5.75 Å². The number of hydrogen-bond acceptors (Lipinski definition) is 3. The topological polar surface area (TPSA) is 48.1 Å². The number of aromatic nitrogens is 1. The molecule has 1 heterocycles. The maximum absolute atomic E-state index is 13.1. The standard InChI is InChI=1S/C7H5F5N2O/c8-3-2-14-4(1-13)5(9)6(3)15-7(10,11)12/h2H,1,13H2. The van der Waals surface area contributed by atoms with Crippen molar-refractivity contribution in [1.29, 1.82) is 0 Å². The fourth-order valence-electron chi connectivity index (χ4n) is 0.837. The van der Waals surface area contributed by atoms with Gasteiger partial charge in [-0.3, -0.25) is 4.98 Å². The summed E-state index contributed by atoms with van der Waals surface area (Å²) in [5.41, 5.74) is 4.47. The van der Waals surface area contributed by atoms with E-state index in [2.05, 4.69) is 9.72 Å². The van der Waals surface area contributed by atoms with Crippen molar-refractivity contribution in [2.24, 2.45) is 5.73 Å². The van der Waals surface area contributed by atoms with Crippen LogP contribution in [0.5, 0.6) is 5.75 Å². The van der Waals surface area contributed by atoms with E-state index in [1.54, 1.807) is 0 Å². The number of pyridine rings is 1. The molecule has 8 heteroatoms. The first kappa shape index (κ1) is 11.6. The summed E-state index contributed by atoms with van der Waals surface area (Å²) in [6.07, 6.45) is -4.76. The van der Waals surface area contributed by atoms with Crippen LogP contribution in [0.25, 0.3) is 0 Å². The third-order valence-corrected chi connectivity index (χ3v) is 1.41. The van der Waals surface area contributed by atoms with E-state index in [0.29, 0.717) is 6.20 Å². The fourth-order valence-corrected chi connectivity index (χ4v) is 0.837. The molecule has 1 aromatic heterocycles. The van der Waals surface area contributed by atoms with Gasteiger partial charge in [0.1, 0.15) is 0 Å². The number of halogens is 5. The summed E-state index contributed by atoms with van der Waals surface area (Å²) in [6, 6.07) is 0. The van der Waals surface area contributed by atoms with Gasteiger partial charge in [0, 0.05) is 6.54 Å². The van der Waals surface area contributed by atoms with Gasteiger partial charge in [-0.2, -0.15) is 0 Å². The Labute approximate surface area is 80.7 Å². The van der Waals surface area contributed by atoms with E-state index in [1.165, 1.54) is 0 Å². The Balaban J connectivity index is 3.15. The van der Waals surface area contributed by atoms with E-state index in [0.717, 1.165) is 0 Å². The molecule has 84 valence electrons. The molecule has 0 aliphatic carbocycles. The molecule has 0 amide bonds. The minimum absolute atomic E-state index is 0.409. The summed E-state index contributed by atoms with van der Waals surface area (Å²) in [4.78, 5) is 3.16. The number of nitrogens with zero attached hydrogens (tertiary/aromatic N) is 1. The van der Waals surface area contributed by atoms with Gasteiger partial charge in [-0.05, 0) is 0 Å². The van der Waals surface area contributed by atoms with Gasteiger partial charge >= 0.3 is 6.36 Å². The minimum Gasteiger partial charge on any atom is -0.399 e. The first-order valence-corrected chi connectivity index (χ1v) is 3.64. The van der Waals surface area contributed by atoms with Crippen molar-refractivity contribution in [2.45, 2.75) is 12.9 Å². The Kier molecular flexibility index (Phi) is 3.08. The van der Waals surface area contributed by atoms with Crippen LogP contribution in [-0.2, 0) is 6.54 Å². The van der Waals surface area contributed by atoms with Crippen LogP contribution in [0.2, 0.25) is 0 Å². The lowest BCUT2D eigenvalue weighted by Crippen LogP contribution is -2.20. The normalized spacial score (nSPS) is 11.6. The molecule has 1 rings (SSSR count).